The molecule has 1 aliphatic rings. The van der Waals surface area contributed by atoms with Gasteiger partial charge in [-0.05, 0) is 18.6 Å². The first-order chi connectivity index (χ1) is 5.66. The minimum Gasteiger partial charge on any atom is -0.504 e. The summed E-state index contributed by atoms with van der Waals surface area (Å²) in [6.07, 6.45) is 4.92. The summed E-state index contributed by atoms with van der Waals surface area (Å²) < 4.78 is 0. The third-order valence-electron chi connectivity index (χ3n) is 1.70. The molecule has 0 aliphatic heterocycles. The fourth-order valence-electron chi connectivity index (χ4n) is 1.05. The van der Waals surface area contributed by atoms with E-state index in [0.29, 0.717) is 11.5 Å². The first-order valence-corrected chi connectivity index (χ1v) is 3.96. The van der Waals surface area contributed by atoms with E-state index < -0.39 is 5.92 Å². The average molecular weight is 185 g/mol. The molecule has 1 rings (SSSR count). The maximum absolute atomic E-state index is 11.2. The summed E-state index contributed by atoms with van der Waals surface area (Å²) in [6, 6.07) is 0. The van der Waals surface area contributed by atoms with Crippen LogP contribution in [-0.4, -0.2) is 10.9 Å². The highest BCUT2D eigenvalue weighted by molar-refractivity contribution is 6.32. The molecule has 0 fully saturated rings. The molecular formula is C9H9ClO2. The van der Waals surface area contributed by atoms with Crippen molar-refractivity contribution in [3.05, 3.63) is 35.6 Å². The van der Waals surface area contributed by atoms with Crippen molar-refractivity contribution < 1.29 is 9.90 Å². The van der Waals surface area contributed by atoms with Gasteiger partial charge in [-0.1, -0.05) is 17.7 Å². The molecule has 0 amide bonds. The number of hydrogen-bond acceptors (Lipinski definition) is 2. The Morgan fingerprint density at radius 3 is 2.92 bits per heavy atom. The number of aliphatic hydroxyl groups is 1. The van der Waals surface area contributed by atoms with E-state index in [-0.39, 0.29) is 11.5 Å². The van der Waals surface area contributed by atoms with Gasteiger partial charge in [-0.25, -0.2) is 0 Å². The first kappa shape index (κ1) is 9.07. The molecule has 0 radical (unpaired) electrons. The van der Waals surface area contributed by atoms with Gasteiger partial charge in [0.15, 0.2) is 5.76 Å². The lowest BCUT2D eigenvalue weighted by atomic mass is 9.94. The van der Waals surface area contributed by atoms with Crippen molar-refractivity contribution in [2.24, 2.45) is 5.92 Å². The Morgan fingerprint density at radius 2 is 2.33 bits per heavy atom. The third-order valence-corrected chi connectivity index (χ3v) is 2.09. The van der Waals surface area contributed by atoms with E-state index in [1.807, 2.05) is 0 Å². The van der Waals surface area contributed by atoms with Crippen molar-refractivity contribution in [3.63, 3.8) is 0 Å². The summed E-state index contributed by atoms with van der Waals surface area (Å²) in [5.41, 5.74) is 0. The smallest absolute Gasteiger partial charge is 0.205 e. The van der Waals surface area contributed by atoms with Crippen LogP contribution in [0, 0.1) is 5.92 Å². The summed E-state index contributed by atoms with van der Waals surface area (Å²) >= 11 is 5.76. The quantitative estimate of drug-likeness (QED) is 0.669. The third kappa shape index (κ3) is 1.59. The van der Waals surface area contributed by atoms with Crippen LogP contribution in [0.25, 0.3) is 0 Å². The largest absolute Gasteiger partial charge is 0.504 e. The van der Waals surface area contributed by atoms with Gasteiger partial charge in [-0.3, -0.25) is 4.79 Å². The second kappa shape index (κ2) is 3.59. The summed E-state index contributed by atoms with van der Waals surface area (Å²) in [5.74, 6) is -0.997. The van der Waals surface area contributed by atoms with Crippen molar-refractivity contribution in [1.29, 1.82) is 0 Å². The van der Waals surface area contributed by atoms with E-state index in [1.54, 1.807) is 6.08 Å². The van der Waals surface area contributed by atoms with Crippen LogP contribution in [0.15, 0.2) is 35.6 Å². The molecule has 1 atom stereocenters. The summed E-state index contributed by atoms with van der Waals surface area (Å²) in [5, 5.41) is 9.52. The Bertz CT molecular complexity index is 274. The second-order valence-electron chi connectivity index (χ2n) is 2.54. The van der Waals surface area contributed by atoms with Gasteiger partial charge in [-0.2, -0.15) is 0 Å². The predicted molar refractivity (Wildman–Crippen MR) is 48.0 cm³/mol. The minimum absolute atomic E-state index is 0.230. The van der Waals surface area contributed by atoms with Crippen LogP contribution in [-0.2, 0) is 4.79 Å². The lowest BCUT2D eigenvalue weighted by Crippen LogP contribution is -2.18. The molecule has 3 heteroatoms. The van der Waals surface area contributed by atoms with Gasteiger partial charge < -0.3 is 5.11 Å². The van der Waals surface area contributed by atoms with Crippen molar-refractivity contribution >= 4 is 17.4 Å². The molecule has 0 heterocycles. The zero-order valence-corrected chi connectivity index (χ0v) is 7.21. The number of rotatable bonds is 2. The Kier molecular flexibility index (Phi) is 2.71. The van der Waals surface area contributed by atoms with Crippen molar-refractivity contribution in [1.82, 2.24) is 0 Å². The molecular weight excluding hydrogens is 176 g/mol. The molecule has 0 aromatic heterocycles. The van der Waals surface area contributed by atoms with Crippen LogP contribution >= 0.6 is 11.6 Å². The van der Waals surface area contributed by atoms with E-state index in [4.69, 9.17) is 16.7 Å². The number of Topliss-reactive ketones (excluding diaryl/α,β-unsaturated/α-hetero) is 1. The number of hydrogen-bond donors (Lipinski definition) is 1. The Morgan fingerprint density at radius 1 is 1.67 bits per heavy atom. The summed E-state index contributed by atoms with van der Waals surface area (Å²) in [7, 11) is 0. The molecule has 1 N–H and O–H groups in total. The lowest BCUT2D eigenvalue weighted by Gasteiger charge is -2.15. The summed E-state index contributed by atoms with van der Waals surface area (Å²) in [4.78, 5) is 11.2. The highest BCUT2D eigenvalue weighted by Gasteiger charge is 2.25. The zero-order chi connectivity index (χ0) is 9.14. The highest BCUT2D eigenvalue weighted by Crippen LogP contribution is 2.26. The number of carbonyl (C=O) groups excluding carboxylic acids is 1. The average Bonchev–Trinajstić information content (AvgIpc) is 2.06. The van der Waals surface area contributed by atoms with E-state index in [9.17, 15) is 4.79 Å². The highest BCUT2D eigenvalue weighted by atomic mass is 35.5. The number of allylic oxidation sites excluding steroid dienone is 5. The number of carbonyl (C=O) groups is 1. The van der Waals surface area contributed by atoms with Crippen molar-refractivity contribution in [2.75, 3.05) is 0 Å². The fourth-order valence-corrected chi connectivity index (χ4v) is 1.30. The molecule has 2 nitrogen and oxygen atoms in total. The Hall–Kier alpha value is -1.02. The van der Waals surface area contributed by atoms with Crippen LogP contribution in [0.3, 0.4) is 0 Å². The molecule has 1 unspecified atom stereocenters. The summed E-state index contributed by atoms with van der Waals surface area (Å²) in [6.45, 7) is 3.51. The Labute approximate surface area is 75.8 Å². The molecule has 64 valence electrons. The maximum atomic E-state index is 11.2. The molecule has 0 aromatic carbocycles. The zero-order valence-electron chi connectivity index (χ0n) is 6.46. The molecule has 0 saturated carbocycles. The van der Waals surface area contributed by atoms with Crippen LogP contribution in [0.1, 0.15) is 6.42 Å². The van der Waals surface area contributed by atoms with Crippen LogP contribution in [0.2, 0.25) is 0 Å². The Balaban J connectivity index is 2.89. The topological polar surface area (TPSA) is 37.3 Å². The SMILES string of the molecule is C=CCC1C(=O)C(O)=CC=C1Cl. The normalized spacial score (nSPS) is 23.1. The lowest BCUT2D eigenvalue weighted by molar-refractivity contribution is -0.120. The predicted octanol–water partition coefficient (Wildman–Crippen LogP) is 2.33. The van der Waals surface area contributed by atoms with Gasteiger partial charge in [0.1, 0.15) is 0 Å². The van der Waals surface area contributed by atoms with Gasteiger partial charge >= 0.3 is 0 Å². The molecule has 0 bridgehead atoms. The van der Waals surface area contributed by atoms with E-state index in [1.165, 1.54) is 12.2 Å². The minimum atomic E-state index is -0.436. The van der Waals surface area contributed by atoms with Crippen molar-refractivity contribution in [3.8, 4) is 0 Å². The van der Waals surface area contributed by atoms with Crippen LogP contribution in [0.5, 0.6) is 0 Å². The molecule has 1 aliphatic carbocycles. The van der Waals surface area contributed by atoms with Gasteiger partial charge in [-0.15, -0.1) is 6.58 Å². The van der Waals surface area contributed by atoms with Crippen molar-refractivity contribution in [2.45, 2.75) is 6.42 Å². The molecule has 0 saturated heterocycles. The van der Waals surface area contributed by atoms with Gasteiger partial charge in [0, 0.05) is 5.03 Å². The fraction of sp³-hybridized carbons (Fsp3) is 0.222. The van der Waals surface area contributed by atoms with Crippen LogP contribution < -0.4 is 0 Å². The molecule has 0 spiro atoms. The van der Waals surface area contributed by atoms with E-state index in [2.05, 4.69) is 6.58 Å². The van der Waals surface area contributed by atoms with Gasteiger partial charge in [0.05, 0.1) is 5.92 Å². The van der Waals surface area contributed by atoms with Crippen LogP contribution in [0.4, 0.5) is 0 Å². The molecule has 12 heavy (non-hydrogen) atoms. The van der Waals surface area contributed by atoms with E-state index in [0.717, 1.165) is 0 Å². The van der Waals surface area contributed by atoms with E-state index >= 15 is 0 Å². The second-order valence-corrected chi connectivity index (χ2v) is 2.98. The molecule has 0 aromatic rings. The standard InChI is InChI=1S/C9H9ClO2/c1-2-3-6-7(10)4-5-8(11)9(6)12/h2,4-6,11H,1,3H2. The monoisotopic (exact) mass is 184 g/mol. The number of halogens is 1. The van der Waals surface area contributed by atoms with Gasteiger partial charge in [0.25, 0.3) is 0 Å². The number of aliphatic hydroxyl groups excluding tert-OH is 1. The first-order valence-electron chi connectivity index (χ1n) is 3.58. The van der Waals surface area contributed by atoms with Gasteiger partial charge in [0.2, 0.25) is 5.78 Å². The maximum Gasteiger partial charge on any atom is 0.205 e. The number of ketones is 1.